The lowest BCUT2D eigenvalue weighted by Crippen LogP contribution is -2.10. The molecule has 0 saturated carbocycles. The molecule has 0 aliphatic carbocycles. The molecule has 0 spiro atoms. The van der Waals surface area contributed by atoms with Crippen molar-refractivity contribution in [3.63, 3.8) is 0 Å². The van der Waals surface area contributed by atoms with Gasteiger partial charge in [0.15, 0.2) is 5.92 Å². The Hall–Kier alpha value is -1.35. The largest absolute Gasteiger partial charge is 0.307 e. The molecule has 0 aliphatic rings. The summed E-state index contributed by atoms with van der Waals surface area (Å²) in [6.45, 7) is 4.11. The van der Waals surface area contributed by atoms with Crippen LogP contribution in [0.4, 0.5) is 0 Å². The van der Waals surface area contributed by atoms with E-state index in [4.69, 9.17) is 15.9 Å². The molecule has 1 N–H and O–H groups in total. The molecule has 0 bridgehead atoms. The van der Waals surface area contributed by atoms with Crippen molar-refractivity contribution in [1.29, 1.82) is 15.9 Å². The van der Waals surface area contributed by atoms with E-state index in [1.807, 2.05) is 0 Å². The third-order valence-corrected chi connectivity index (χ3v) is 1.60. The van der Waals surface area contributed by atoms with Gasteiger partial charge in [-0.1, -0.05) is 13.8 Å². The SMILES string of the molecule is CC(C)CCC(=N)C(C#N)C#N. The third kappa shape index (κ3) is 3.73. The van der Waals surface area contributed by atoms with Crippen LogP contribution in [-0.4, -0.2) is 5.71 Å². The number of hydrogen-bond donors (Lipinski definition) is 1. The van der Waals surface area contributed by atoms with E-state index >= 15 is 0 Å². The minimum atomic E-state index is -0.844. The molecule has 12 heavy (non-hydrogen) atoms. The Morgan fingerprint density at radius 1 is 1.33 bits per heavy atom. The lowest BCUT2D eigenvalue weighted by molar-refractivity contribution is 0.599. The quantitative estimate of drug-likeness (QED) is 0.644. The van der Waals surface area contributed by atoms with Crippen LogP contribution in [0.15, 0.2) is 0 Å². The molecule has 0 fully saturated rings. The van der Waals surface area contributed by atoms with Crippen molar-refractivity contribution in [1.82, 2.24) is 0 Å². The van der Waals surface area contributed by atoms with Gasteiger partial charge >= 0.3 is 0 Å². The zero-order chi connectivity index (χ0) is 9.56. The highest BCUT2D eigenvalue weighted by Crippen LogP contribution is 2.08. The summed E-state index contributed by atoms with van der Waals surface area (Å²) >= 11 is 0. The summed E-state index contributed by atoms with van der Waals surface area (Å²) in [6, 6.07) is 3.58. The maximum atomic E-state index is 8.45. The molecule has 0 heterocycles. The van der Waals surface area contributed by atoms with E-state index in [2.05, 4.69) is 13.8 Å². The second-order valence-electron chi connectivity index (χ2n) is 3.15. The Kier molecular flexibility index (Phi) is 4.72. The fraction of sp³-hybridized carbons (Fsp3) is 0.667. The summed E-state index contributed by atoms with van der Waals surface area (Å²) < 4.78 is 0. The van der Waals surface area contributed by atoms with Crippen LogP contribution < -0.4 is 0 Å². The van der Waals surface area contributed by atoms with Gasteiger partial charge in [0, 0.05) is 5.71 Å². The Labute approximate surface area is 73.1 Å². The van der Waals surface area contributed by atoms with E-state index < -0.39 is 5.92 Å². The maximum Gasteiger partial charge on any atom is 0.170 e. The average Bonchev–Trinajstić information content (AvgIpc) is 2.03. The normalized spacial score (nSPS) is 9.50. The molecule has 3 nitrogen and oxygen atoms in total. The standard InChI is InChI=1S/C9H13N3/c1-7(2)3-4-9(12)8(5-10)6-11/h7-8,12H,3-4H2,1-2H3. The van der Waals surface area contributed by atoms with Crippen LogP contribution in [0.2, 0.25) is 0 Å². The molecule has 64 valence electrons. The van der Waals surface area contributed by atoms with E-state index in [1.54, 1.807) is 12.1 Å². The number of nitriles is 2. The van der Waals surface area contributed by atoms with Crippen molar-refractivity contribution >= 4 is 5.71 Å². The molecule has 0 unspecified atom stereocenters. The van der Waals surface area contributed by atoms with Crippen molar-refractivity contribution in [2.75, 3.05) is 0 Å². The zero-order valence-electron chi connectivity index (χ0n) is 7.46. The minimum absolute atomic E-state index is 0.244. The van der Waals surface area contributed by atoms with Gasteiger partial charge in [-0.3, -0.25) is 0 Å². The molecule has 0 aliphatic heterocycles. The molecular weight excluding hydrogens is 150 g/mol. The highest BCUT2D eigenvalue weighted by molar-refractivity contribution is 5.88. The number of nitrogens with one attached hydrogen (secondary N) is 1. The van der Waals surface area contributed by atoms with Crippen molar-refractivity contribution in [2.24, 2.45) is 11.8 Å². The van der Waals surface area contributed by atoms with Gasteiger partial charge in [-0.25, -0.2) is 0 Å². The molecule has 0 aromatic heterocycles. The molecule has 0 aromatic carbocycles. The van der Waals surface area contributed by atoms with Gasteiger partial charge in [-0.2, -0.15) is 10.5 Å². The lowest BCUT2D eigenvalue weighted by atomic mass is 9.98. The van der Waals surface area contributed by atoms with Crippen LogP contribution in [0.25, 0.3) is 0 Å². The van der Waals surface area contributed by atoms with Crippen LogP contribution in [-0.2, 0) is 0 Å². The average molecular weight is 163 g/mol. The van der Waals surface area contributed by atoms with E-state index in [-0.39, 0.29) is 5.71 Å². The van der Waals surface area contributed by atoms with Crippen LogP contribution in [0.5, 0.6) is 0 Å². The molecule has 0 rings (SSSR count). The third-order valence-electron chi connectivity index (χ3n) is 1.60. The van der Waals surface area contributed by atoms with Gasteiger partial charge in [0.05, 0.1) is 12.1 Å². The minimum Gasteiger partial charge on any atom is -0.307 e. The van der Waals surface area contributed by atoms with Gasteiger partial charge in [-0.05, 0) is 18.8 Å². The highest BCUT2D eigenvalue weighted by atomic mass is 14.5. The topological polar surface area (TPSA) is 71.4 Å². The lowest BCUT2D eigenvalue weighted by Gasteiger charge is -2.05. The van der Waals surface area contributed by atoms with Gasteiger partial charge in [0.25, 0.3) is 0 Å². The second kappa shape index (κ2) is 5.32. The van der Waals surface area contributed by atoms with Gasteiger partial charge in [0.1, 0.15) is 0 Å². The first-order valence-corrected chi connectivity index (χ1v) is 3.98. The van der Waals surface area contributed by atoms with E-state index in [1.165, 1.54) is 0 Å². The molecular formula is C9H13N3. The van der Waals surface area contributed by atoms with Crippen LogP contribution in [0.3, 0.4) is 0 Å². The molecule has 3 heteroatoms. The second-order valence-corrected chi connectivity index (χ2v) is 3.15. The number of rotatable bonds is 4. The number of nitrogens with zero attached hydrogens (tertiary/aromatic N) is 2. The first-order valence-electron chi connectivity index (χ1n) is 3.98. The van der Waals surface area contributed by atoms with Crippen molar-refractivity contribution < 1.29 is 0 Å². The fourth-order valence-electron chi connectivity index (χ4n) is 0.773. The Morgan fingerprint density at radius 2 is 1.83 bits per heavy atom. The summed E-state index contributed by atoms with van der Waals surface area (Å²) in [5, 5.41) is 24.3. The summed E-state index contributed by atoms with van der Waals surface area (Å²) in [5.41, 5.74) is 0.244. The molecule has 0 radical (unpaired) electrons. The Morgan fingerprint density at radius 3 is 2.17 bits per heavy atom. The number of hydrogen-bond acceptors (Lipinski definition) is 3. The molecule has 0 saturated heterocycles. The summed E-state index contributed by atoms with van der Waals surface area (Å²) in [6.07, 6.45) is 1.43. The monoisotopic (exact) mass is 163 g/mol. The summed E-state index contributed by atoms with van der Waals surface area (Å²) in [7, 11) is 0. The van der Waals surface area contributed by atoms with Crippen LogP contribution >= 0.6 is 0 Å². The Bertz CT molecular complexity index is 215. The first-order chi connectivity index (χ1) is 5.61. The summed E-state index contributed by atoms with van der Waals surface area (Å²) in [5.74, 6) is -0.327. The Balaban J connectivity index is 3.90. The molecule has 0 amide bonds. The highest BCUT2D eigenvalue weighted by Gasteiger charge is 2.12. The van der Waals surface area contributed by atoms with Gasteiger partial charge in [-0.15, -0.1) is 0 Å². The molecule has 0 atom stereocenters. The fourth-order valence-corrected chi connectivity index (χ4v) is 0.773. The predicted molar refractivity (Wildman–Crippen MR) is 46.5 cm³/mol. The van der Waals surface area contributed by atoms with Crippen LogP contribution in [0, 0.1) is 39.9 Å². The predicted octanol–water partition coefficient (Wildman–Crippen LogP) is 2.11. The van der Waals surface area contributed by atoms with E-state index in [0.29, 0.717) is 12.3 Å². The van der Waals surface area contributed by atoms with Crippen molar-refractivity contribution in [3.05, 3.63) is 0 Å². The van der Waals surface area contributed by atoms with Crippen molar-refractivity contribution in [2.45, 2.75) is 26.7 Å². The van der Waals surface area contributed by atoms with Gasteiger partial charge < -0.3 is 5.41 Å². The van der Waals surface area contributed by atoms with E-state index in [0.717, 1.165) is 6.42 Å². The van der Waals surface area contributed by atoms with Gasteiger partial charge in [0.2, 0.25) is 0 Å². The smallest absolute Gasteiger partial charge is 0.170 e. The summed E-state index contributed by atoms with van der Waals surface area (Å²) in [4.78, 5) is 0. The van der Waals surface area contributed by atoms with Crippen molar-refractivity contribution in [3.8, 4) is 12.1 Å². The molecule has 0 aromatic rings. The first kappa shape index (κ1) is 10.7. The zero-order valence-corrected chi connectivity index (χ0v) is 7.46. The van der Waals surface area contributed by atoms with Crippen LogP contribution in [0.1, 0.15) is 26.7 Å². The maximum absolute atomic E-state index is 8.45. The van der Waals surface area contributed by atoms with E-state index in [9.17, 15) is 0 Å².